The molecule has 5 N–H and O–H groups in total. The number of nitrogen functional groups attached to an aromatic ring is 1. The van der Waals surface area contributed by atoms with Crippen molar-refractivity contribution in [2.75, 3.05) is 29.5 Å². The Labute approximate surface area is 157 Å². The van der Waals surface area contributed by atoms with E-state index in [2.05, 4.69) is 36.8 Å². The smallest absolute Gasteiger partial charge is 0.246 e. The fraction of sp³-hybridized carbons (Fsp3) is 0.333. The number of hydrogen-bond donors (Lipinski definition) is 4. The lowest BCUT2D eigenvalue weighted by molar-refractivity contribution is 0.656. The molecule has 0 aliphatic heterocycles. The molecule has 2 aromatic heterocycles. The van der Waals surface area contributed by atoms with Crippen molar-refractivity contribution >= 4 is 23.3 Å². The van der Waals surface area contributed by atoms with Gasteiger partial charge in [0.25, 0.3) is 0 Å². The van der Waals surface area contributed by atoms with Gasteiger partial charge in [-0.15, -0.1) is 5.10 Å². The molecule has 0 saturated carbocycles. The van der Waals surface area contributed by atoms with Crippen molar-refractivity contribution < 1.29 is 0 Å². The van der Waals surface area contributed by atoms with Gasteiger partial charge in [0.2, 0.25) is 5.95 Å². The molecule has 27 heavy (non-hydrogen) atoms. The van der Waals surface area contributed by atoms with Gasteiger partial charge in [-0.1, -0.05) is 24.6 Å². The molecule has 3 rings (SSSR count). The number of para-hydroxylation sites is 1. The van der Waals surface area contributed by atoms with Crippen molar-refractivity contribution in [1.82, 2.24) is 25.4 Å². The van der Waals surface area contributed by atoms with Gasteiger partial charge >= 0.3 is 0 Å². The molecule has 0 amide bonds. The van der Waals surface area contributed by atoms with Gasteiger partial charge in [0.1, 0.15) is 23.3 Å². The average Bonchev–Trinajstić information content (AvgIpc) is 3.28. The highest BCUT2D eigenvalue weighted by Gasteiger charge is 2.14. The van der Waals surface area contributed by atoms with Crippen LogP contribution in [0.4, 0.5) is 23.3 Å². The van der Waals surface area contributed by atoms with Gasteiger partial charge < -0.3 is 16.0 Å². The van der Waals surface area contributed by atoms with Crippen LogP contribution in [0.1, 0.15) is 30.7 Å². The summed E-state index contributed by atoms with van der Waals surface area (Å²) in [5.74, 6) is 2.36. The lowest BCUT2D eigenvalue weighted by atomic mass is 10.2. The Bertz CT molecular complexity index is 891. The Morgan fingerprint density at radius 3 is 2.74 bits per heavy atom. The number of H-pyrrole nitrogens is 2. The summed E-state index contributed by atoms with van der Waals surface area (Å²) in [4.78, 5) is 6.41. The standard InChI is InChI=1S/C18H23N9/c1-27(17-14(12-19)16(20)24-25-17)11-7-3-6-10-15-22-18(26-23-15)21-13-8-4-2-5-9-13/h2,4-5,8-9H,3,6-7,10-11H2,1H3,(H3,20,24,25)(H2,21,22,23,26). The molecule has 9 nitrogen and oxygen atoms in total. The summed E-state index contributed by atoms with van der Waals surface area (Å²) < 4.78 is 0. The Kier molecular flexibility index (Phi) is 5.89. The summed E-state index contributed by atoms with van der Waals surface area (Å²) in [5.41, 5.74) is 7.05. The quantitative estimate of drug-likeness (QED) is 0.428. The van der Waals surface area contributed by atoms with E-state index < -0.39 is 0 Å². The predicted octanol–water partition coefficient (Wildman–Crippen LogP) is 2.57. The molecule has 2 heterocycles. The zero-order valence-electron chi connectivity index (χ0n) is 15.2. The summed E-state index contributed by atoms with van der Waals surface area (Å²) in [7, 11) is 1.91. The lowest BCUT2D eigenvalue weighted by Crippen LogP contribution is -2.19. The van der Waals surface area contributed by atoms with Crippen LogP contribution in [-0.4, -0.2) is 39.0 Å². The first-order valence-electron chi connectivity index (χ1n) is 8.86. The molecule has 9 heteroatoms. The number of benzene rings is 1. The van der Waals surface area contributed by atoms with Crippen LogP contribution in [0.25, 0.3) is 0 Å². The minimum atomic E-state index is 0.310. The van der Waals surface area contributed by atoms with Crippen molar-refractivity contribution in [3.8, 4) is 6.07 Å². The number of nitrogens with two attached hydrogens (primary N) is 1. The van der Waals surface area contributed by atoms with Gasteiger partial charge in [-0.2, -0.15) is 15.3 Å². The third-order valence-electron chi connectivity index (χ3n) is 4.22. The second-order valence-corrected chi connectivity index (χ2v) is 6.28. The molecular weight excluding hydrogens is 342 g/mol. The van der Waals surface area contributed by atoms with Crippen molar-refractivity contribution in [1.29, 1.82) is 5.26 Å². The van der Waals surface area contributed by atoms with Crippen LogP contribution < -0.4 is 16.0 Å². The number of unbranched alkanes of at least 4 members (excludes halogenated alkanes) is 2. The Morgan fingerprint density at radius 2 is 1.96 bits per heavy atom. The Balaban J connectivity index is 1.39. The summed E-state index contributed by atoms with van der Waals surface area (Å²) >= 11 is 0. The molecular formula is C18H23N9. The maximum absolute atomic E-state index is 9.13. The van der Waals surface area contributed by atoms with Crippen LogP contribution in [-0.2, 0) is 6.42 Å². The highest BCUT2D eigenvalue weighted by Crippen LogP contribution is 2.20. The first kappa shape index (κ1) is 18.3. The van der Waals surface area contributed by atoms with Crippen LogP contribution in [0, 0.1) is 11.3 Å². The molecule has 3 aromatic rings. The van der Waals surface area contributed by atoms with E-state index in [4.69, 9.17) is 11.0 Å². The topological polar surface area (TPSA) is 135 Å². The summed E-state index contributed by atoms with van der Waals surface area (Å²) in [6.45, 7) is 0.802. The first-order valence-corrected chi connectivity index (χ1v) is 8.86. The molecule has 0 atom stereocenters. The van der Waals surface area contributed by atoms with E-state index in [1.54, 1.807) is 0 Å². The highest BCUT2D eigenvalue weighted by atomic mass is 15.3. The third-order valence-corrected chi connectivity index (χ3v) is 4.22. The molecule has 0 saturated heterocycles. The maximum Gasteiger partial charge on any atom is 0.246 e. The van der Waals surface area contributed by atoms with E-state index >= 15 is 0 Å². The number of hydrogen-bond acceptors (Lipinski definition) is 7. The minimum Gasteiger partial charge on any atom is -0.383 e. The number of aromatic amines is 2. The summed E-state index contributed by atoms with van der Waals surface area (Å²) in [6.07, 6.45) is 3.86. The minimum absolute atomic E-state index is 0.310. The second-order valence-electron chi connectivity index (χ2n) is 6.28. The summed E-state index contributed by atoms with van der Waals surface area (Å²) in [5, 5.41) is 26.2. The number of nitriles is 1. The van der Waals surface area contributed by atoms with Gasteiger partial charge in [-0.3, -0.25) is 10.2 Å². The SMILES string of the molecule is CN(CCCCCc1nc(Nc2ccccc2)n[nH]1)c1n[nH]c(N)c1C#N. The monoisotopic (exact) mass is 365 g/mol. The van der Waals surface area contributed by atoms with Crippen LogP contribution >= 0.6 is 0 Å². The van der Waals surface area contributed by atoms with Crippen molar-refractivity contribution in [3.05, 3.63) is 41.7 Å². The Morgan fingerprint density at radius 1 is 1.15 bits per heavy atom. The van der Waals surface area contributed by atoms with Crippen LogP contribution in [0.15, 0.2) is 30.3 Å². The highest BCUT2D eigenvalue weighted by molar-refractivity contribution is 5.63. The number of nitrogens with one attached hydrogen (secondary N) is 3. The molecule has 0 spiro atoms. The molecule has 0 aliphatic carbocycles. The fourth-order valence-electron chi connectivity index (χ4n) is 2.77. The van der Waals surface area contributed by atoms with E-state index in [0.29, 0.717) is 23.1 Å². The normalized spacial score (nSPS) is 10.5. The molecule has 1 aromatic carbocycles. The van der Waals surface area contributed by atoms with Crippen molar-refractivity contribution in [3.63, 3.8) is 0 Å². The largest absolute Gasteiger partial charge is 0.383 e. The van der Waals surface area contributed by atoms with E-state index in [9.17, 15) is 0 Å². The zero-order chi connectivity index (χ0) is 19.1. The van der Waals surface area contributed by atoms with Crippen molar-refractivity contribution in [2.45, 2.75) is 25.7 Å². The van der Waals surface area contributed by atoms with E-state index in [-0.39, 0.29) is 0 Å². The number of nitrogens with zero attached hydrogens (tertiary/aromatic N) is 5. The second kappa shape index (κ2) is 8.71. The fourth-order valence-corrected chi connectivity index (χ4v) is 2.77. The number of aryl methyl sites for hydroxylation is 1. The van der Waals surface area contributed by atoms with Gasteiger partial charge in [0.05, 0.1) is 0 Å². The van der Waals surface area contributed by atoms with E-state index in [1.165, 1.54) is 0 Å². The first-order chi connectivity index (χ1) is 13.2. The number of anilines is 4. The predicted molar refractivity (Wildman–Crippen MR) is 105 cm³/mol. The molecule has 0 unspecified atom stereocenters. The van der Waals surface area contributed by atoms with Gasteiger partial charge in [0.15, 0.2) is 5.82 Å². The van der Waals surface area contributed by atoms with Crippen LogP contribution in [0.5, 0.6) is 0 Å². The summed E-state index contributed by atoms with van der Waals surface area (Å²) in [6, 6.07) is 11.9. The van der Waals surface area contributed by atoms with E-state index in [1.807, 2.05) is 42.3 Å². The van der Waals surface area contributed by atoms with Gasteiger partial charge in [-0.25, -0.2) is 0 Å². The maximum atomic E-state index is 9.13. The van der Waals surface area contributed by atoms with E-state index in [0.717, 1.165) is 43.7 Å². The van der Waals surface area contributed by atoms with Crippen molar-refractivity contribution in [2.24, 2.45) is 0 Å². The molecule has 0 bridgehead atoms. The van der Waals surface area contributed by atoms with Gasteiger partial charge in [0, 0.05) is 25.7 Å². The molecule has 0 radical (unpaired) electrons. The average molecular weight is 365 g/mol. The van der Waals surface area contributed by atoms with Crippen LogP contribution in [0.3, 0.4) is 0 Å². The number of rotatable bonds is 9. The van der Waals surface area contributed by atoms with Crippen LogP contribution in [0.2, 0.25) is 0 Å². The molecule has 0 aliphatic rings. The Hall–Kier alpha value is -3.54. The number of aromatic nitrogens is 5. The lowest BCUT2D eigenvalue weighted by Gasteiger charge is -2.16. The molecule has 0 fully saturated rings. The molecule has 140 valence electrons. The third kappa shape index (κ3) is 4.76. The zero-order valence-corrected chi connectivity index (χ0v) is 15.2. The van der Waals surface area contributed by atoms with Gasteiger partial charge in [-0.05, 0) is 25.0 Å².